The third-order valence-electron chi connectivity index (χ3n) is 4.95. The molecule has 0 atom stereocenters. The van der Waals surface area contributed by atoms with Gasteiger partial charge in [0, 0.05) is 50.1 Å². The summed E-state index contributed by atoms with van der Waals surface area (Å²) in [5.74, 6) is 1.54. The minimum atomic E-state index is -0.0831. The maximum absolute atomic E-state index is 8.54. The first-order valence-electron chi connectivity index (χ1n) is 9.57. The number of nitrogens with zero attached hydrogens (tertiary/aromatic N) is 2. The van der Waals surface area contributed by atoms with Crippen molar-refractivity contribution in [1.29, 1.82) is 5.41 Å². The van der Waals surface area contributed by atoms with E-state index in [2.05, 4.69) is 22.1 Å². The Hall–Kier alpha value is -2.54. The molecule has 0 aromatic heterocycles. The molecule has 1 aliphatic carbocycles. The minimum Gasteiger partial charge on any atom is -0.488 e. The number of benzene rings is 1. The normalized spacial score (nSPS) is 19.7. The Morgan fingerprint density at radius 2 is 2.07 bits per heavy atom. The van der Waals surface area contributed by atoms with Crippen molar-refractivity contribution in [1.82, 2.24) is 10.2 Å². The van der Waals surface area contributed by atoms with E-state index < -0.39 is 0 Å². The van der Waals surface area contributed by atoms with Crippen molar-refractivity contribution < 1.29 is 4.74 Å². The molecule has 1 heterocycles. The zero-order valence-corrected chi connectivity index (χ0v) is 16.2. The molecule has 0 amide bonds. The molecule has 2 fully saturated rings. The number of rotatable bonds is 6. The van der Waals surface area contributed by atoms with Gasteiger partial charge in [0.25, 0.3) is 0 Å². The fourth-order valence-electron chi connectivity index (χ4n) is 3.04. The molecule has 27 heavy (non-hydrogen) atoms. The smallest absolute Gasteiger partial charge is 0.125 e. The van der Waals surface area contributed by atoms with Crippen LogP contribution in [0, 0.1) is 5.41 Å². The fourth-order valence-corrected chi connectivity index (χ4v) is 3.04. The van der Waals surface area contributed by atoms with Crippen LogP contribution >= 0.6 is 0 Å². The molecular weight excluding hydrogens is 340 g/mol. The zero-order valence-electron chi connectivity index (χ0n) is 16.2. The predicted octanol–water partition coefficient (Wildman–Crippen LogP) is 1.73. The summed E-state index contributed by atoms with van der Waals surface area (Å²) in [7, 11) is 0. The van der Waals surface area contributed by atoms with E-state index in [1.807, 2.05) is 19.1 Å². The molecule has 0 spiro atoms. The number of anilines is 1. The van der Waals surface area contributed by atoms with Gasteiger partial charge in [-0.05, 0) is 44.9 Å². The monoisotopic (exact) mass is 370 g/mol. The van der Waals surface area contributed by atoms with Crippen molar-refractivity contribution in [2.45, 2.75) is 32.3 Å². The molecular formula is C20H30N6O. The zero-order chi connectivity index (χ0) is 19.4. The summed E-state index contributed by atoms with van der Waals surface area (Å²) < 4.78 is 6.00. The van der Waals surface area contributed by atoms with Crippen molar-refractivity contribution in [2.24, 2.45) is 10.7 Å². The second-order valence-electron chi connectivity index (χ2n) is 7.35. The Kier molecular flexibility index (Phi) is 5.70. The highest BCUT2D eigenvalue weighted by molar-refractivity contribution is 6.15. The van der Waals surface area contributed by atoms with Crippen LogP contribution in [0.15, 0.2) is 35.0 Å². The molecule has 1 aromatic rings. The van der Waals surface area contributed by atoms with Gasteiger partial charge in [0.1, 0.15) is 17.2 Å². The van der Waals surface area contributed by atoms with E-state index in [9.17, 15) is 0 Å². The Morgan fingerprint density at radius 3 is 2.70 bits per heavy atom. The lowest BCUT2D eigenvalue weighted by Crippen LogP contribution is -2.46. The summed E-state index contributed by atoms with van der Waals surface area (Å²) in [6.45, 7) is 8.33. The summed E-state index contributed by atoms with van der Waals surface area (Å²) in [5, 5.41) is 11.9. The number of nitrogen functional groups attached to an aromatic ring is 1. The highest BCUT2D eigenvalue weighted by atomic mass is 16.5. The molecule has 0 unspecified atom stereocenters. The van der Waals surface area contributed by atoms with Crippen molar-refractivity contribution in [3.05, 3.63) is 35.5 Å². The van der Waals surface area contributed by atoms with E-state index in [0.717, 1.165) is 50.6 Å². The van der Waals surface area contributed by atoms with Crippen molar-refractivity contribution in [3.63, 3.8) is 0 Å². The lowest BCUT2D eigenvalue weighted by Gasteiger charge is -2.29. The Bertz CT molecular complexity index is 760. The number of allylic oxidation sites excluding steroid dienone is 1. The van der Waals surface area contributed by atoms with E-state index >= 15 is 0 Å². The first-order chi connectivity index (χ1) is 12.9. The maximum atomic E-state index is 8.54. The van der Waals surface area contributed by atoms with Crippen molar-refractivity contribution in [3.8, 4) is 5.75 Å². The molecule has 6 N–H and O–H groups in total. The highest BCUT2D eigenvalue weighted by Gasteiger charge is 2.40. The van der Waals surface area contributed by atoms with Gasteiger partial charge >= 0.3 is 0 Å². The summed E-state index contributed by atoms with van der Waals surface area (Å²) in [5.41, 5.74) is 13.9. The number of aliphatic imine (C=N–C) groups is 1. The lowest BCUT2D eigenvalue weighted by atomic mass is 10.0. The SMILES string of the molecule is CCN=C(/C=C(\N)C(=N)c1cc(OC2(C)CC2)ccc1N)N1CCNCC1. The van der Waals surface area contributed by atoms with Gasteiger partial charge in [0.05, 0.1) is 11.4 Å². The van der Waals surface area contributed by atoms with Gasteiger partial charge < -0.3 is 26.4 Å². The number of hydrogen-bond acceptors (Lipinski definition) is 6. The average Bonchev–Trinajstić information content (AvgIpc) is 3.39. The highest BCUT2D eigenvalue weighted by Crippen LogP contribution is 2.40. The summed E-state index contributed by atoms with van der Waals surface area (Å²) >= 11 is 0. The van der Waals surface area contributed by atoms with Crippen LogP contribution in [-0.2, 0) is 0 Å². The molecule has 146 valence electrons. The minimum absolute atomic E-state index is 0.0831. The standard InChI is InChI=1S/C20H30N6O/c1-3-25-18(26-10-8-24-9-11-26)13-17(22)19(23)15-12-14(4-5-16(15)21)27-20(2)6-7-20/h4-5,12-13,23-24H,3,6-11,21-22H2,1-2H3/b17-13-,23-19?,25-18?. The van der Waals surface area contributed by atoms with Crippen LogP contribution in [0.3, 0.4) is 0 Å². The van der Waals surface area contributed by atoms with E-state index in [0.29, 0.717) is 23.5 Å². The number of hydrogen-bond donors (Lipinski definition) is 4. The topological polar surface area (TPSA) is 113 Å². The van der Waals surface area contributed by atoms with Gasteiger partial charge in [-0.3, -0.25) is 10.4 Å². The third-order valence-corrected chi connectivity index (χ3v) is 4.95. The Labute approximate surface area is 161 Å². The average molecular weight is 371 g/mol. The quantitative estimate of drug-likeness (QED) is 0.346. The van der Waals surface area contributed by atoms with Gasteiger partial charge in [-0.15, -0.1) is 0 Å². The van der Waals surface area contributed by atoms with E-state index in [4.69, 9.17) is 21.6 Å². The van der Waals surface area contributed by atoms with Crippen LogP contribution in [0.25, 0.3) is 0 Å². The van der Waals surface area contributed by atoms with Crippen molar-refractivity contribution >= 4 is 17.2 Å². The van der Waals surface area contributed by atoms with E-state index in [-0.39, 0.29) is 11.3 Å². The second-order valence-corrected chi connectivity index (χ2v) is 7.35. The fraction of sp³-hybridized carbons (Fsp3) is 0.500. The van der Waals surface area contributed by atoms with Crippen LogP contribution in [0.1, 0.15) is 32.3 Å². The molecule has 0 bridgehead atoms. The largest absolute Gasteiger partial charge is 0.488 e. The molecule has 7 nitrogen and oxygen atoms in total. The van der Waals surface area contributed by atoms with Crippen LogP contribution in [0.2, 0.25) is 0 Å². The molecule has 3 rings (SSSR count). The number of nitrogens with two attached hydrogens (primary N) is 2. The molecule has 1 saturated heterocycles. The number of ether oxygens (including phenoxy) is 1. The van der Waals surface area contributed by atoms with Gasteiger partial charge in [-0.1, -0.05) is 0 Å². The Morgan fingerprint density at radius 1 is 1.37 bits per heavy atom. The summed E-state index contributed by atoms with van der Waals surface area (Å²) in [4.78, 5) is 6.76. The molecule has 1 aliphatic heterocycles. The molecule has 1 saturated carbocycles. The lowest BCUT2D eigenvalue weighted by molar-refractivity contribution is 0.200. The Balaban J connectivity index is 1.81. The number of piperazine rings is 1. The number of nitrogens with one attached hydrogen (secondary N) is 2. The van der Waals surface area contributed by atoms with Crippen LogP contribution in [-0.4, -0.2) is 54.8 Å². The van der Waals surface area contributed by atoms with Gasteiger partial charge in [0.2, 0.25) is 0 Å². The number of amidine groups is 1. The van der Waals surface area contributed by atoms with Gasteiger partial charge in [-0.25, -0.2) is 0 Å². The predicted molar refractivity (Wildman–Crippen MR) is 111 cm³/mol. The first-order valence-corrected chi connectivity index (χ1v) is 9.57. The molecule has 1 aromatic carbocycles. The second kappa shape index (κ2) is 8.00. The first kappa shape index (κ1) is 19.2. The molecule has 2 aliphatic rings. The third kappa shape index (κ3) is 4.80. The van der Waals surface area contributed by atoms with Gasteiger partial charge in [0.15, 0.2) is 0 Å². The van der Waals surface area contributed by atoms with E-state index in [1.165, 1.54) is 0 Å². The van der Waals surface area contributed by atoms with Crippen LogP contribution in [0.5, 0.6) is 5.75 Å². The molecule has 0 radical (unpaired) electrons. The van der Waals surface area contributed by atoms with Crippen LogP contribution < -0.4 is 21.5 Å². The van der Waals surface area contributed by atoms with E-state index in [1.54, 1.807) is 12.1 Å². The van der Waals surface area contributed by atoms with Crippen LogP contribution in [0.4, 0.5) is 5.69 Å². The van der Waals surface area contributed by atoms with Crippen molar-refractivity contribution in [2.75, 3.05) is 38.5 Å². The summed E-state index contributed by atoms with van der Waals surface area (Å²) in [6.07, 6.45) is 3.88. The molecule has 7 heteroatoms. The summed E-state index contributed by atoms with van der Waals surface area (Å²) in [6, 6.07) is 5.43. The van der Waals surface area contributed by atoms with Gasteiger partial charge in [-0.2, -0.15) is 0 Å². The maximum Gasteiger partial charge on any atom is 0.125 e.